The Morgan fingerprint density at radius 2 is 1.75 bits per heavy atom. The summed E-state index contributed by atoms with van der Waals surface area (Å²) in [6.45, 7) is 3.52. The maximum Gasteiger partial charge on any atom is 0.247 e. The van der Waals surface area contributed by atoms with Crippen LogP contribution in [0.1, 0.15) is 11.5 Å². The van der Waals surface area contributed by atoms with Crippen LogP contribution in [0.4, 0.5) is 5.69 Å². The van der Waals surface area contributed by atoms with Gasteiger partial charge in [0.2, 0.25) is 17.7 Å². The van der Waals surface area contributed by atoms with E-state index in [9.17, 15) is 4.79 Å². The second-order valence-electron chi connectivity index (χ2n) is 6.59. The highest BCUT2D eigenvalue weighted by Crippen LogP contribution is 2.18. The molecule has 7 heteroatoms. The molecule has 2 heterocycles. The van der Waals surface area contributed by atoms with E-state index in [-0.39, 0.29) is 12.5 Å². The number of rotatable bonds is 6. The fourth-order valence-corrected chi connectivity index (χ4v) is 3.09. The SMILES string of the molecule is O=C(Cc1ccc(N2CCOCC2)cc1)NCc1nnc(-c2ccccc2)o1. The second-order valence-corrected chi connectivity index (χ2v) is 6.59. The number of morpholine rings is 1. The van der Waals surface area contributed by atoms with E-state index in [2.05, 4.69) is 32.5 Å². The van der Waals surface area contributed by atoms with E-state index in [1.807, 2.05) is 42.5 Å². The van der Waals surface area contributed by atoms with Crippen molar-refractivity contribution in [3.63, 3.8) is 0 Å². The fourth-order valence-electron chi connectivity index (χ4n) is 3.09. The minimum atomic E-state index is -0.0846. The largest absolute Gasteiger partial charge is 0.419 e. The van der Waals surface area contributed by atoms with Crippen molar-refractivity contribution in [3.8, 4) is 11.5 Å². The maximum atomic E-state index is 12.2. The van der Waals surface area contributed by atoms with E-state index in [0.717, 1.165) is 43.1 Å². The summed E-state index contributed by atoms with van der Waals surface area (Å²) in [5, 5.41) is 10.8. The zero-order valence-corrected chi connectivity index (χ0v) is 15.5. The second kappa shape index (κ2) is 8.67. The Hall–Kier alpha value is -3.19. The standard InChI is InChI=1S/C21H22N4O3/c26-19(14-16-6-8-18(9-7-16)25-10-12-27-13-11-25)22-15-20-23-24-21(28-20)17-4-2-1-3-5-17/h1-9H,10-15H2,(H,22,26). The van der Waals surface area contributed by atoms with Crippen molar-refractivity contribution in [2.45, 2.75) is 13.0 Å². The number of carbonyl (C=O) groups is 1. The van der Waals surface area contributed by atoms with E-state index in [1.54, 1.807) is 0 Å². The maximum absolute atomic E-state index is 12.2. The Bertz CT molecular complexity index is 903. The average Bonchev–Trinajstić information content (AvgIpc) is 3.23. The molecule has 7 nitrogen and oxygen atoms in total. The molecule has 28 heavy (non-hydrogen) atoms. The molecule has 3 aromatic rings. The summed E-state index contributed by atoms with van der Waals surface area (Å²) in [5.74, 6) is 0.747. The lowest BCUT2D eigenvalue weighted by atomic mass is 10.1. The van der Waals surface area contributed by atoms with Gasteiger partial charge < -0.3 is 19.4 Å². The summed E-state index contributed by atoms with van der Waals surface area (Å²) >= 11 is 0. The van der Waals surface area contributed by atoms with Gasteiger partial charge in [0.05, 0.1) is 26.2 Å². The van der Waals surface area contributed by atoms with Gasteiger partial charge in [0.25, 0.3) is 0 Å². The Balaban J connectivity index is 1.28. The van der Waals surface area contributed by atoms with Gasteiger partial charge in [-0.05, 0) is 29.8 Å². The summed E-state index contributed by atoms with van der Waals surface area (Å²) in [5.41, 5.74) is 2.98. The smallest absolute Gasteiger partial charge is 0.247 e. The molecule has 1 aromatic heterocycles. The van der Waals surface area contributed by atoms with Crippen LogP contribution in [0, 0.1) is 0 Å². The van der Waals surface area contributed by atoms with Crippen LogP contribution in [0.5, 0.6) is 0 Å². The predicted octanol–water partition coefficient (Wildman–Crippen LogP) is 2.43. The molecule has 0 radical (unpaired) electrons. The first-order chi connectivity index (χ1) is 13.8. The molecule has 0 atom stereocenters. The van der Waals surface area contributed by atoms with Gasteiger partial charge in [0.1, 0.15) is 0 Å². The van der Waals surface area contributed by atoms with Crippen molar-refractivity contribution in [1.29, 1.82) is 0 Å². The first-order valence-corrected chi connectivity index (χ1v) is 9.34. The number of ether oxygens (including phenoxy) is 1. The highest BCUT2D eigenvalue weighted by Gasteiger charge is 2.12. The van der Waals surface area contributed by atoms with Crippen molar-refractivity contribution in [2.24, 2.45) is 0 Å². The van der Waals surface area contributed by atoms with Crippen molar-refractivity contribution in [1.82, 2.24) is 15.5 Å². The van der Waals surface area contributed by atoms with Crippen molar-refractivity contribution >= 4 is 11.6 Å². The van der Waals surface area contributed by atoms with E-state index in [1.165, 1.54) is 0 Å². The molecular weight excluding hydrogens is 356 g/mol. The molecule has 1 aliphatic rings. The van der Waals surface area contributed by atoms with Crippen LogP contribution in [-0.4, -0.2) is 42.4 Å². The van der Waals surface area contributed by atoms with Gasteiger partial charge in [-0.25, -0.2) is 0 Å². The third kappa shape index (κ3) is 4.55. The topological polar surface area (TPSA) is 80.5 Å². The number of hydrogen-bond acceptors (Lipinski definition) is 6. The summed E-state index contributed by atoms with van der Waals surface area (Å²) in [6, 6.07) is 17.6. The lowest BCUT2D eigenvalue weighted by Gasteiger charge is -2.28. The molecule has 144 valence electrons. The van der Waals surface area contributed by atoms with Gasteiger partial charge in [-0.15, -0.1) is 10.2 Å². The van der Waals surface area contributed by atoms with E-state index >= 15 is 0 Å². The van der Waals surface area contributed by atoms with Crippen LogP contribution in [0.15, 0.2) is 59.0 Å². The lowest BCUT2D eigenvalue weighted by Crippen LogP contribution is -2.36. The molecule has 0 spiro atoms. The predicted molar refractivity (Wildman–Crippen MR) is 105 cm³/mol. The summed E-state index contributed by atoms with van der Waals surface area (Å²) in [6.07, 6.45) is 0.309. The number of aromatic nitrogens is 2. The van der Waals surface area contributed by atoms with Gasteiger partial charge in [-0.3, -0.25) is 4.79 Å². The zero-order chi connectivity index (χ0) is 19.2. The molecular formula is C21H22N4O3. The van der Waals surface area contributed by atoms with E-state index < -0.39 is 0 Å². The molecule has 0 unspecified atom stereocenters. The van der Waals surface area contributed by atoms with Gasteiger partial charge in [0, 0.05) is 24.3 Å². The molecule has 0 bridgehead atoms. The third-order valence-corrected chi connectivity index (χ3v) is 4.60. The molecule has 1 N–H and O–H groups in total. The van der Waals surface area contributed by atoms with Crippen molar-refractivity contribution in [3.05, 3.63) is 66.1 Å². The monoisotopic (exact) mass is 378 g/mol. The molecule has 2 aromatic carbocycles. The zero-order valence-electron chi connectivity index (χ0n) is 15.5. The number of anilines is 1. The number of nitrogens with one attached hydrogen (secondary N) is 1. The Kier molecular flexibility index (Phi) is 5.63. The summed E-state index contributed by atoms with van der Waals surface area (Å²) in [7, 11) is 0. The fraction of sp³-hybridized carbons (Fsp3) is 0.286. The minimum Gasteiger partial charge on any atom is -0.419 e. The van der Waals surface area contributed by atoms with Crippen LogP contribution < -0.4 is 10.2 Å². The normalized spacial score (nSPS) is 14.1. The first kappa shape index (κ1) is 18.2. The van der Waals surface area contributed by atoms with E-state index in [4.69, 9.17) is 9.15 Å². The van der Waals surface area contributed by atoms with Gasteiger partial charge in [-0.2, -0.15) is 0 Å². The Labute approximate surface area is 163 Å². The average molecular weight is 378 g/mol. The number of benzene rings is 2. The quantitative estimate of drug-likeness (QED) is 0.710. The summed E-state index contributed by atoms with van der Waals surface area (Å²) < 4.78 is 11.0. The van der Waals surface area contributed by atoms with Crippen LogP contribution >= 0.6 is 0 Å². The van der Waals surface area contributed by atoms with Gasteiger partial charge >= 0.3 is 0 Å². The highest BCUT2D eigenvalue weighted by atomic mass is 16.5. The number of nitrogens with zero attached hydrogens (tertiary/aromatic N) is 3. The van der Waals surface area contributed by atoms with Gasteiger partial charge in [-0.1, -0.05) is 30.3 Å². The van der Waals surface area contributed by atoms with Crippen LogP contribution in [0.25, 0.3) is 11.5 Å². The lowest BCUT2D eigenvalue weighted by molar-refractivity contribution is -0.120. The number of amides is 1. The van der Waals surface area contributed by atoms with Crippen LogP contribution in [-0.2, 0) is 22.5 Å². The molecule has 4 rings (SSSR count). The first-order valence-electron chi connectivity index (χ1n) is 9.34. The Morgan fingerprint density at radius 1 is 1.00 bits per heavy atom. The molecule has 0 saturated carbocycles. The number of hydrogen-bond donors (Lipinski definition) is 1. The number of carbonyl (C=O) groups excluding carboxylic acids is 1. The van der Waals surface area contributed by atoms with Crippen LogP contribution in [0.3, 0.4) is 0 Å². The van der Waals surface area contributed by atoms with Crippen molar-refractivity contribution < 1.29 is 13.9 Å². The Morgan fingerprint density at radius 3 is 2.50 bits per heavy atom. The van der Waals surface area contributed by atoms with Crippen molar-refractivity contribution in [2.75, 3.05) is 31.2 Å². The molecule has 1 amide bonds. The van der Waals surface area contributed by atoms with E-state index in [0.29, 0.717) is 18.2 Å². The highest BCUT2D eigenvalue weighted by molar-refractivity contribution is 5.78. The molecule has 1 saturated heterocycles. The van der Waals surface area contributed by atoms with Gasteiger partial charge in [0.15, 0.2) is 0 Å². The minimum absolute atomic E-state index is 0.0846. The molecule has 0 aliphatic carbocycles. The molecule has 1 fully saturated rings. The third-order valence-electron chi connectivity index (χ3n) is 4.60. The van der Waals surface area contributed by atoms with Crippen LogP contribution in [0.2, 0.25) is 0 Å². The molecule has 1 aliphatic heterocycles. The summed E-state index contributed by atoms with van der Waals surface area (Å²) in [4.78, 5) is 14.5.